The van der Waals surface area contributed by atoms with Gasteiger partial charge < -0.3 is 38.7 Å². The van der Waals surface area contributed by atoms with Crippen LogP contribution in [-0.2, 0) is 45.7 Å². The molecule has 4 N–H and O–H groups in total. The van der Waals surface area contributed by atoms with Gasteiger partial charge in [0.2, 0.25) is 0 Å². The van der Waals surface area contributed by atoms with Gasteiger partial charge in [0.05, 0.1) is 67.5 Å². The Morgan fingerprint density at radius 2 is 0.962 bits per heavy atom. The van der Waals surface area contributed by atoms with Gasteiger partial charge in [-0.3, -0.25) is 39.6 Å². The first-order chi connectivity index (χ1) is 62.3. The lowest BCUT2D eigenvalue weighted by atomic mass is 9.72. The predicted molar refractivity (Wildman–Crippen MR) is 505 cm³/mol. The van der Waals surface area contributed by atoms with E-state index >= 15 is 0 Å². The fraction of sp³-hybridized carbons (Fsp3) is 0.313. The van der Waals surface area contributed by atoms with Crippen LogP contribution in [0.4, 0.5) is 22.7 Å². The summed E-state index contributed by atoms with van der Waals surface area (Å²) >= 11 is 18.9. The molecule has 0 unspecified atom stereocenters. The Morgan fingerprint density at radius 1 is 0.531 bits per heavy atom. The number of allylic oxidation sites excluding steroid dienone is 2. The van der Waals surface area contributed by atoms with Crippen molar-refractivity contribution in [3.8, 4) is 34.5 Å². The topological polar surface area (TPSA) is 320 Å². The number of hydrogen-bond donors (Lipinski definition) is 4. The number of fused-ring (bicyclic) bond motifs is 4. The molecule has 26 nitrogen and oxygen atoms in total. The lowest BCUT2D eigenvalue weighted by molar-refractivity contribution is -0.386. The Labute approximate surface area is 769 Å². The van der Waals surface area contributed by atoms with Crippen LogP contribution in [0.25, 0.3) is 33.2 Å². The number of H-pyrrole nitrogens is 2. The Morgan fingerprint density at radius 3 is 1.39 bits per heavy atom. The van der Waals surface area contributed by atoms with E-state index in [-0.39, 0.29) is 87.7 Å². The number of hydrogen-bond acceptors (Lipinski definition) is 20. The van der Waals surface area contributed by atoms with Crippen molar-refractivity contribution >= 4 is 123 Å². The normalized spacial score (nSPS) is 17.7. The van der Waals surface area contributed by atoms with Crippen molar-refractivity contribution in [2.75, 3.05) is 88.5 Å². The third kappa shape index (κ3) is 20.8. The second-order valence-corrected chi connectivity index (χ2v) is 40.7. The highest BCUT2D eigenvalue weighted by Crippen LogP contribution is 2.48. The number of benzene rings is 8. The van der Waals surface area contributed by atoms with Crippen LogP contribution in [0.3, 0.4) is 0 Å². The molecule has 2 aliphatic carbocycles. The Bertz CT molecular complexity index is 6670. The number of halogens is 3. The van der Waals surface area contributed by atoms with Gasteiger partial charge in [-0.05, 0) is 194 Å². The van der Waals surface area contributed by atoms with Crippen LogP contribution in [-0.4, -0.2) is 147 Å². The van der Waals surface area contributed by atoms with Crippen LogP contribution in [0.5, 0.6) is 34.5 Å². The van der Waals surface area contributed by atoms with Crippen LogP contribution in [0.2, 0.25) is 15.1 Å². The molecule has 2 saturated heterocycles. The second kappa shape index (κ2) is 37.7. The van der Waals surface area contributed by atoms with Gasteiger partial charge in [-0.15, -0.1) is 0 Å². The van der Waals surface area contributed by atoms with E-state index in [1.54, 1.807) is 60.9 Å². The van der Waals surface area contributed by atoms with Crippen molar-refractivity contribution in [2.24, 2.45) is 22.7 Å². The molecular weight excluding hydrogens is 1750 g/mol. The average Bonchev–Trinajstić information content (AvgIpc) is 0.827. The van der Waals surface area contributed by atoms with Crippen molar-refractivity contribution in [1.82, 2.24) is 39.2 Å². The summed E-state index contributed by atoms with van der Waals surface area (Å²) in [4.78, 5) is 75.1. The minimum atomic E-state index is -4.65. The molecule has 4 aliphatic heterocycles. The maximum atomic E-state index is 14.1. The van der Waals surface area contributed by atoms with E-state index in [1.165, 1.54) is 64.0 Å². The summed E-state index contributed by atoms with van der Waals surface area (Å²) in [7, 11) is -9.29. The number of pyridine rings is 2. The van der Waals surface area contributed by atoms with Crippen LogP contribution < -0.4 is 38.2 Å². The molecule has 4 aromatic heterocycles. The molecule has 0 radical (unpaired) electrons. The van der Waals surface area contributed by atoms with Crippen molar-refractivity contribution in [2.45, 2.75) is 109 Å². The minimum absolute atomic E-state index is 0.0466. The summed E-state index contributed by atoms with van der Waals surface area (Å²) in [6.07, 6.45) is 14.7. The average molecular weight is 1850 g/mol. The van der Waals surface area contributed by atoms with Gasteiger partial charge in [-0.25, -0.2) is 36.2 Å². The lowest BCUT2D eigenvalue weighted by Gasteiger charge is -2.39. The molecule has 8 heterocycles. The maximum absolute atomic E-state index is 14.1. The molecule has 12 aromatic rings. The Hall–Kier alpha value is -12.2. The van der Waals surface area contributed by atoms with E-state index in [9.17, 15) is 46.7 Å². The molecule has 2 amide bonds. The number of ether oxygens (including phenoxy) is 4. The number of aromatic amines is 2. The number of piperazine rings is 2. The number of aryl methyl sites for hydroxylation is 1. The summed E-state index contributed by atoms with van der Waals surface area (Å²) in [5, 5.41) is 28.4. The molecule has 672 valence electrons. The third-order valence-electron chi connectivity index (χ3n) is 25.5. The third-order valence-corrected chi connectivity index (χ3v) is 29.0. The lowest BCUT2D eigenvalue weighted by Crippen LogP contribution is -2.47. The smallest absolute Gasteiger partial charge is 0.277 e. The molecule has 0 bridgehead atoms. The highest BCUT2D eigenvalue weighted by atomic mass is 35.5. The summed E-state index contributed by atoms with van der Waals surface area (Å²) in [5.41, 5.74) is 14.3. The molecule has 130 heavy (non-hydrogen) atoms. The first kappa shape index (κ1) is 89.8. The van der Waals surface area contributed by atoms with E-state index in [0.29, 0.717) is 65.7 Å². The van der Waals surface area contributed by atoms with Gasteiger partial charge in [-0.1, -0.05) is 146 Å². The molecule has 18 rings (SSSR count). The number of rotatable bonds is 24. The molecule has 2 fully saturated rings. The van der Waals surface area contributed by atoms with Crippen LogP contribution >= 0.6 is 34.8 Å². The van der Waals surface area contributed by atoms with Crippen LogP contribution in [0.1, 0.15) is 126 Å². The number of sulfonamides is 2. The molecule has 31 heteroatoms. The SMILES string of the molecule is CC1(C)CCC(CN2CCN(c3ccc(C(=O)NS(=O)(=O)c4cc5c(c([N+](=O)[O-])c4)C[C@H](Cc4ccccc4Cl)CO5)c(Oc4cnc5[nH]ccc5c4)c3)CC2)=C(c2ccc(Cl)cc2)C1.Cc1ccc(C[C@@H]2COc3cc(S(=O)(=O)NC(=O)c4ccc(N5CCN(CC6=C(c7ccc(Cl)cc7)CC(C)(C)CC6)CC5)cc4Oc4cnc5[nH]ccc5c4)cc([N+](=O)[O-])c3C2)cc1. The maximum Gasteiger partial charge on any atom is 0.277 e. The summed E-state index contributed by atoms with van der Waals surface area (Å²) in [5.74, 6) is -1.03. The molecule has 2 atom stereocenters. The zero-order valence-electron chi connectivity index (χ0n) is 72.6. The number of carbonyl (C=O) groups is 2. The molecule has 6 aliphatic rings. The van der Waals surface area contributed by atoms with E-state index in [4.69, 9.17) is 53.8 Å². The monoisotopic (exact) mass is 1850 g/mol. The van der Waals surface area contributed by atoms with Crippen molar-refractivity contribution in [3.05, 3.63) is 303 Å². The standard InChI is InChI=1S/C50H51ClN6O7S.C49H48Cl2N6O7S/c1-32-4-6-33(7-5-32)22-34-23-43-45(57(59)60)26-41(27-46(43)63-31-34)65(61,62)54-49(58)42-13-12-39(25-47(42)64-40-24-36-15-17-52-48(36)53-29-40)56-20-18-55(19-21-56)30-37-14-16-50(2,3)28-44(37)35-8-10-38(51)11-9-35;1-49(2)15-13-35(42(27-49)32-7-9-36(50)10-8-32)29-55-17-19-56(20-18-55)37-11-12-40(46(24-37)64-38-23-34-14-16-52-47(34)53-28-38)48(58)54-65(61,62)39-25-44(57(59)60)41-22-31(30-63-45(41)26-39)21-33-5-3-4-6-43(33)51/h4-13,15,17,24-27,29,34H,14,16,18-23,28,30-31H2,1-3H3,(H,52,53)(H,54,58);3-12,14,16,23-26,28,31H,13,15,17-22,27,29-30H2,1-2H3,(H,52,53)(H,54,58)/t34-;31-/m00/s1. The van der Waals surface area contributed by atoms with Crippen molar-refractivity contribution in [3.63, 3.8) is 0 Å². The number of nitro groups is 2. The van der Waals surface area contributed by atoms with Gasteiger partial charge in [0.25, 0.3) is 43.2 Å². The zero-order chi connectivity index (χ0) is 90.9. The minimum Gasteiger partial charge on any atom is -0.493 e. The fourth-order valence-electron chi connectivity index (χ4n) is 18.4. The van der Waals surface area contributed by atoms with E-state index in [1.807, 2.05) is 85.8 Å². The summed E-state index contributed by atoms with van der Waals surface area (Å²) in [6.45, 7) is 19.7. The summed E-state index contributed by atoms with van der Waals surface area (Å²) < 4.78 is 84.7. The highest BCUT2D eigenvalue weighted by Gasteiger charge is 2.38. The number of nitrogens with one attached hydrogen (secondary N) is 4. The molecule has 0 spiro atoms. The number of nitro benzene ring substituents is 2. The first-order valence-corrected chi connectivity index (χ1v) is 47.6. The summed E-state index contributed by atoms with van der Waals surface area (Å²) in [6, 6.07) is 53.6. The zero-order valence-corrected chi connectivity index (χ0v) is 76.5. The number of carbonyl (C=O) groups excluding carboxylic acids is 2. The van der Waals surface area contributed by atoms with Gasteiger partial charge in [0, 0.05) is 163 Å². The van der Waals surface area contributed by atoms with Gasteiger partial charge in [0.15, 0.2) is 0 Å². The van der Waals surface area contributed by atoms with E-state index in [0.717, 1.165) is 152 Å². The number of nitrogens with zero attached hydrogens (tertiary/aromatic N) is 8. The molecular formula is C99H99Cl3N12O14S2. The quantitative estimate of drug-likeness (QED) is 0.0322. The predicted octanol–water partition coefficient (Wildman–Crippen LogP) is 20.2. The number of anilines is 2. The second-order valence-electron chi connectivity index (χ2n) is 36.1. The van der Waals surface area contributed by atoms with Crippen molar-refractivity contribution in [1.29, 1.82) is 0 Å². The molecule has 8 aromatic carbocycles. The van der Waals surface area contributed by atoms with E-state index < -0.39 is 57.2 Å². The van der Waals surface area contributed by atoms with Crippen molar-refractivity contribution < 1.29 is 55.2 Å². The Balaban J connectivity index is 0.000000182. The first-order valence-electron chi connectivity index (χ1n) is 43.5. The van der Waals surface area contributed by atoms with Gasteiger partial charge in [0.1, 0.15) is 45.8 Å². The Kier molecular flexibility index (Phi) is 26.1. The highest BCUT2D eigenvalue weighted by molar-refractivity contribution is 7.90. The van der Waals surface area contributed by atoms with Crippen LogP contribution in [0.15, 0.2) is 228 Å². The van der Waals surface area contributed by atoms with Crippen LogP contribution in [0, 0.1) is 49.8 Å². The van der Waals surface area contributed by atoms with Gasteiger partial charge in [-0.2, -0.15) is 0 Å². The number of amides is 2. The van der Waals surface area contributed by atoms with Gasteiger partial charge >= 0.3 is 0 Å². The number of aromatic nitrogens is 4. The molecule has 0 saturated carbocycles. The fourth-order valence-corrected chi connectivity index (χ4v) is 20.8. The van der Waals surface area contributed by atoms with E-state index in [2.05, 4.69) is 101 Å². The largest absolute Gasteiger partial charge is 0.493 e.